The van der Waals surface area contributed by atoms with E-state index < -0.39 is 0 Å². The zero-order valence-electron chi connectivity index (χ0n) is 17.5. The summed E-state index contributed by atoms with van der Waals surface area (Å²) in [7, 11) is 1.65. The summed E-state index contributed by atoms with van der Waals surface area (Å²) in [4.78, 5) is 30.8. The van der Waals surface area contributed by atoms with Gasteiger partial charge in [0.05, 0.1) is 12.8 Å². The van der Waals surface area contributed by atoms with Crippen molar-refractivity contribution in [2.24, 2.45) is 0 Å². The standard InChI is InChI=1S/C23H25N5O3/c1-30-17-6-2-5-16(15-17)20-18-7-3-9-24-21(18)26-23(25-20)28-12-10-27(11-13-28)22(29)19-8-4-14-31-19/h2-3,5-7,9,15,19H,4,8,10-14H2,1H3. The lowest BCUT2D eigenvalue weighted by molar-refractivity contribution is -0.141. The Bertz CT molecular complexity index is 1090. The van der Waals surface area contributed by atoms with Crippen LogP contribution < -0.4 is 9.64 Å². The molecule has 2 aromatic heterocycles. The van der Waals surface area contributed by atoms with Crippen LogP contribution in [-0.2, 0) is 9.53 Å². The van der Waals surface area contributed by atoms with Gasteiger partial charge in [0.2, 0.25) is 5.95 Å². The molecular formula is C23H25N5O3. The van der Waals surface area contributed by atoms with E-state index in [0.717, 1.165) is 35.2 Å². The lowest BCUT2D eigenvalue weighted by Crippen LogP contribution is -2.51. The number of anilines is 1. The van der Waals surface area contributed by atoms with Gasteiger partial charge in [-0.1, -0.05) is 12.1 Å². The molecule has 0 N–H and O–H groups in total. The normalized spacial score (nSPS) is 19.1. The molecule has 2 saturated heterocycles. The van der Waals surface area contributed by atoms with E-state index in [1.165, 1.54) is 0 Å². The number of nitrogens with zero attached hydrogens (tertiary/aromatic N) is 5. The molecule has 1 atom stereocenters. The van der Waals surface area contributed by atoms with Crippen LogP contribution in [-0.4, -0.2) is 71.8 Å². The van der Waals surface area contributed by atoms with Crippen LogP contribution in [0.3, 0.4) is 0 Å². The number of hydrogen-bond donors (Lipinski definition) is 0. The maximum atomic E-state index is 12.6. The predicted octanol–water partition coefficient (Wildman–Crippen LogP) is 2.53. The second-order valence-corrected chi connectivity index (χ2v) is 7.79. The highest BCUT2D eigenvalue weighted by atomic mass is 16.5. The Labute approximate surface area is 180 Å². The molecule has 2 fully saturated rings. The zero-order chi connectivity index (χ0) is 21.2. The number of fused-ring (bicyclic) bond motifs is 1. The maximum absolute atomic E-state index is 12.6. The number of amides is 1. The highest BCUT2D eigenvalue weighted by molar-refractivity contribution is 5.91. The number of pyridine rings is 1. The number of hydrogen-bond acceptors (Lipinski definition) is 7. The molecule has 8 nitrogen and oxygen atoms in total. The molecule has 1 aromatic carbocycles. The van der Waals surface area contributed by atoms with Crippen LogP contribution in [0.5, 0.6) is 5.75 Å². The Balaban J connectivity index is 1.42. The molecule has 5 rings (SSSR count). The highest BCUT2D eigenvalue weighted by Gasteiger charge is 2.31. The Morgan fingerprint density at radius 3 is 2.77 bits per heavy atom. The summed E-state index contributed by atoms with van der Waals surface area (Å²) in [6.45, 7) is 3.30. The summed E-state index contributed by atoms with van der Waals surface area (Å²) in [5, 5.41) is 0.895. The number of carbonyl (C=O) groups is 1. The minimum Gasteiger partial charge on any atom is -0.497 e. The van der Waals surface area contributed by atoms with Gasteiger partial charge >= 0.3 is 0 Å². The van der Waals surface area contributed by atoms with Crippen molar-refractivity contribution in [3.8, 4) is 17.0 Å². The monoisotopic (exact) mass is 419 g/mol. The molecule has 3 aromatic rings. The minimum absolute atomic E-state index is 0.107. The number of piperazine rings is 1. The van der Waals surface area contributed by atoms with Crippen LogP contribution >= 0.6 is 0 Å². The fraction of sp³-hybridized carbons (Fsp3) is 0.391. The second kappa shape index (κ2) is 8.47. The Hall–Kier alpha value is -3.26. The molecule has 1 unspecified atom stereocenters. The zero-order valence-corrected chi connectivity index (χ0v) is 17.5. The molecule has 31 heavy (non-hydrogen) atoms. The van der Waals surface area contributed by atoms with Crippen LogP contribution in [0.15, 0.2) is 42.6 Å². The number of carbonyl (C=O) groups excluding carboxylic acids is 1. The van der Waals surface area contributed by atoms with E-state index in [1.807, 2.05) is 41.3 Å². The third-order valence-electron chi connectivity index (χ3n) is 5.88. The first-order valence-electron chi connectivity index (χ1n) is 10.7. The number of methoxy groups -OCH3 is 1. The van der Waals surface area contributed by atoms with Crippen molar-refractivity contribution < 1.29 is 14.3 Å². The van der Waals surface area contributed by atoms with Crippen molar-refractivity contribution >= 4 is 22.9 Å². The Morgan fingerprint density at radius 1 is 1.13 bits per heavy atom. The summed E-state index contributed by atoms with van der Waals surface area (Å²) in [5.74, 6) is 1.51. The third-order valence-corrected chi connectivity index (χ3v) is 5.88. The smallest absolute Gasteiger partial charge is 0.251 e. The molecule has 1 amide bonds. The van der Waals surface area contributed by atoms with Gasteiger partial charge in [0.1, 0.15) is 11.9 Å². The molecule has 8 heteroatoms. The molecule has 0 aliphatic carbocycles. The molecule has 0 radical (unpaired) electrons. The second-order valence-electron chi connectivity index (χ2n) is 7.79. The van der Waals surface area contributed by atoms with Gasteiger partial charge < -0.3 is 19.3 Å². The van der Waals surface area contributed by atoms with Gasteiger partial charge in [-0.25, -0.2) is 9.97 Å². The van der Waals surface area contributed by atoms with Gasteiger partial charge in [-0.2, -0.15) is 4.98 Å². The van der Waals surface area contributed by atoms with E-state index in [2.05, 4.69) is 9.88 Å². The minimum atomic E-state index is -0.271. The fourth-order valence-corrected chi connectivity index (χ4v) is 4.19. The molecule has 160 valence electrons. The summed E-state index contributed by atoms with van der Waals surface area (Å²) < 4.78 is 11.0. The van der Waals surface area contributed by atoms with E-state index in [4.69, 9.17) is 19.4 Å². The fourth-order valence-electron chi connectivity index (χ4n) is 4.19. The van der Waals surface area contributed by atoms with E-state index in [-0.39, 0.29) is 12.0 Å². The summed E-state index contributed by atoms with van der Waals surface area (Å²) in [6, 6.07) is 11.7. The molecule has 4 heterocycles. The molecule has 0 spiro atoms. The van der Waals surface area contributed by atoms with Crippen molar-refractivity contribution in [2.45, 2.75) is 18.9 Å². The Morgan fingerprint density at radius 2 is 2.00 bits per heavy atom. The highest BCUT2D eigenvalue weighted by Crippen LogP contribution is 2.30. The van der Waals surface area contributed by atoms with Crippen LogP contribution in [0, 0.1) is 0 Å². The van der Waals surface area contributed by atoms with Crippen molar-refractivity contribution in [1.29, 1.82) is 0 Å². The van der Waals surface area contributed by atoms with Crippen LogP contribution in [0.4, 0.5) is 5.95 Å². The van der Waals surface area contributed by atoms with E-state index >= 15 is 0 Å². The van der Waals surface area contributed by atoms with Crippen LogP contribution in [0.25, 0.3) is 22.3 Å². The maximum Gasteiger partial charge on any atom is 0.251 e. The van der Waals surface area contributed by atoms with Crippen LogP contribution in [0.2, 0.25) is 0 Å². The van der Waals surface area contributed by atoms with Gasteiger partial charge in [0.25, 0.3) is 5.91 Å². The van der Waals surface area contributed by atoms with Gasteiger partial charge in [0, 0.05) is 49.9 Å². The van der Waals surface area contributed by atoms with Crippen molar-refractivity contribution in [3.63, 3.8) is 0 Å². The summed E-state index contributed by atoms with van der Waals surface area (Å²) in [6.07, 6.45) is 3.25. The van der Waals surface area contributed by atoms with Crippen molar-refractivity contribution in [1.82, 2.24) is 19.9 Å². The average molecular weight is 419 g/mol. The van der Waals surface area contributed by atoms with E-state index in [0.29, 0.717) is 44.4 Å². The van der Waals surface area contributed by atoms with E-state index in [9.17, 15) is 4.79 Å². The number of benzene rings is 1. The summed E-state index contributed by atoms with van der Waals surface area (Å²) >= 11 is 0. The topological polar surface area (TPSA) is 80.7 Å². The molecular weight excluding hydrogens is 394 g/mol. The van der Waals surface area contributed by atoms with Gasteiger partial charge in [-0.05, 0) is 37.1 Å². The molecule has 2 aliphatic heterocycles. The first kappa shape index (κ1) is 19.7. The lowest BCUT2D eigenvalue weighted by atomic mass is 10.1. The number of rotatable bonds is 4. The van der Waals surface area contributed by atoms with Crippen molar-refractivity contribution in [2.75, 3.05) is 44.8 Å². The van der Waals surface area contributed by atoms with Crippen LogP contribution in [0.1, 0.15) is 12.8 Å². The van der Waals surface area contributed by atoms with Gasteiger partial charge in [-0.3, -0.25) is 4.79 Å². The third kappa shape index (κ3) is 3.90. The first-order valence-corrected chi connectivity index (χ1v) is 10.7. The largest absolute Gasteiger partial charge is 0.497 e. The Kier molecular flexibility index (Phi) is 5.38. The summed E-state index contributed by atoms with van der Waals surface area (Å²) in [5.41, 5.74) is 2.43. The lowest BCUT2D eigenvalue weighted by Gasteiger charge is -2.35. The van der Waals surface area contributed by atoms with Gasteiger partial charge in [-0.15, -0.1) is 0 Å². The van der Waals surface area contributed by atoms with E-state index in [1.54, 1.807) is 13.3 Å². The SMILES string of the molecule is COc1cccc(-c2nc(N3CCN(C(=O)C4CCCO4)CC3)nc3ncccc23)c1. The molecule has 0 bridgehead atoms. The molecule has 2 aliphatic rings. The van der Waals surface area contributed by atoms with Gasteiger partial charge in [0.15, 0.2) is 5.65 Å². The molecule has 0 saturated carbocycles. The quantitative estimate of drug-likeness (QED) is 0.643. The number of ether oxygens (including phenoxy) is 2. The first-order chi connectivity index (χ1) is 15.2. The average Bonchev–Trinajstić information content (AvgIpc) is 3.38. The number of aromatic nitrogens is 3. The predicted molar refractivity (Wildman–Crippen MR) is 117 cm³/mol. The van der Waals surface area contributed by atoms with Crippen molar-refractivity contribution in [3.05, 3.63) is 42.6 Å².